The molecule has 1 unspecified atom stereocenters. The van der Waals surface area contributed by atoms with Crippen LogP contribution >= 0.6 is 22.9 Å². The number of aromatic amines is 1. The molecule has 6 heteroatoms. The molecular weight excluding hydrogens is 256 g/mol. The highest BCUT2D eigenvalue weighted by Gasteiger charge is 2.21. The fourth-order valence-corrected chi connectivity index (χ4v) is 2.95. The molecule has 0 radical (unpaired) electrons. The third-order valence-electron chi connectivity index (χ3n) is 2.99. The molecule has 0 aromatic carbocycles. The van der Waals surface area contributed by atoms with Gasteiger partial charge in [0.05, 0.1) is 10.0 Å². The van der Waals surface area contributed by atoms with E-state index in [9.17, 15) is 0 Å². The maximum Gasteiger partial charge on any atom is 0.151 e. The van der Waals surface area contributed by atoms with Crippen molar-refractivity contribution in [3.05, 3.63) is 21.8 Å². The Labute approximate surface area is 108 Å². The second kappa shape index (κ2) is 4.33. The van der Waals surface area contributed by atoms with E-state index in [4.69, 9.17) is 17.3 Å². The van der Waals surface area contributed by atoms with Gasteiger partial charge < -0.3 is 10.6 Å². The van der Waals surface area contributed by atoms with E-state index in [1.54, 1.807) is 0 Å². The highest BCUT2D eigenvalue weighted by Crippen LogP contribution is 2.29. The van der Waals surface area contributed by atoms with Crippen molar-refractivity contribution in [3.8, 4) is 11.3 Å². The van der Waals surface area contributed by atoms with Crippen LogP contribution in [0.5, 0.6) is 0 Å². The number of aromatic nitrogens is 2. The molecule has 0 amide bonds. The number of thiophene rings is 1. The standard InChI is InChI=1S/C11H13ClN4S/c12-10-3-7(6-17-10)9-4-11(15-14-9)16-2-1-8(13)5-16/h3-4,6,8H,1-2,5,13H2,(H,14,15). The Bertz CT molecular complexity index is 521. The first-order chi connectivity index (χ1) is 8.22. The zero-order chi connectivity index (χ0) is 11.8. The van der Waals surface area contributed by atoms with E-state index in [2.05, 4.69) is 21.2 Å². The minimum absolute atomic E-state index is 0.269. The number of H-pyrrole nitrogens is 1. The predicted octanol–water partition coefficient (Wildman–Crippen LogP) is 2.33. The Kier molecular flexibility index (Phi) is 2.82. The number of nitrogens with zero attached hydrogens (tertiary/aromatic N) is 2. The summed E-state index contributed by atoms with van der Waals surface area (Å²) in [5.74, 6) is 0.968. The molecular formula is C11H13ClN4S. The van der Waals surface area contributed by atoms with Crippen LogP contribution in [0.3, 0.4) is 0 Å². The van der Waals surface area contributed by atoms with Crippen LogP contribution < -0.4 is 10.6 Å². The maximum absolute atomic E-state index is 5.92. The first-order valence-electron chi connectivity index (χ1n) is 5.53. The summed E-state index contributed by atoms with van der Waals surface area (Å²) in [7, 11) is 0. The molecule has 0 spiro atoms. The van der Waals surface area contributed by atoms with E-state index < -0.39 is 0 Å². The molecule has 1 aliphatic rings. The third-order valence-corrected chi connectivity index (χ3v) is 4.08. The molecule has 90 valence electrons. The Hall–Kier alpha value is -1.04. The van der Waals surface area contributed by atoms with E-state index in [1.807, 2.05) is 11.4 Å². The molecule has 4 nitrogen and oxygen atoms in total. The fourth-order valence-electron chi connectivity index (χ4n) is 2.07. The molecule has 3 N–H and O–H groups in total. The topological polar surface area (TPSA) is 57.9 Å². The number of anilines is 1. The van der Waals surface area contributed by atoms with Crippen LogP contribution in [0.25, 0.3) is 11.3 Å². The monoisotopic (exact) mass is 268 g/mol. The van der Waals surface area contributed by atoms with Crippen molar-refractivity contribution in [2.45, 2.75) is 12.5 Å². The number of rotatable bonds is 2. The van der Waals surface area contributed by atoms with Crippen LogP contribution in [0, 0.1) is 0 Å². The SMILES string of the molecule is NC1CCN(c2cc(-c3csc(Cl)c3)[nH]n2)C1. The van der Waals surface area contributed by atoms with Gasteiger partial charge in [-0.25, -0.2) is 0 Å². The summed E-state index contributed by atoms with van der Waals surface area (Å²) in [6, 6.07) is 4.26. The van der Waals surface area contributed by atoms with Crippen LogP contribution in [0.1, 0.15) is 6.42 Å². The molecule has 2 aromatic rings. The largest absolute Gasteiger partial charge is 0.354 e. The normalized spacial score (nSPS) is 20.1. The summed E-state index contributed by atoms with van der Waals surface area (Å²) in [6.07, 6.45) is 1.03. The van der Waals surface area contributed by atoms with Gasteiger partial charge in [0.15, 0.2) is 5.82 Å². The molecule has 17 heavy (non-hydrogen) atoms. The quantitative estimate of drug-likeness (QED) is 0.879. The second-order valence-corrected chi connectivity index (χ2v) is 5.82. The molecule has 3 heterocycles. The minimum Gasteiger partial charge on any atom is -0.354 e. The van der Waals surface area contributed by atoms with Crippen molar-refractivity contribution in [2.24, 2.45) is 5.73 Å². The van der Waals surface area contributed by atoms with Crippen molar-refractivity contribution in [3.63, 3.8) is 0 Å². The molecule has 0 aliphatic carbocycles. The van der Waals surface area contributed by atoms with Gasteiger partial charge in [-0.1, -0.05) is 11.6 Å². The molecule has 1 aliphatic heterocycles. The average molecular weight is 269 g/mol. The summed E-state index contributed by atoms with van der Waals surface area (Å²) in [4.78, 5) is 2.21. The summed E-state index contributed by atoms with van der Waals surface area (Å²) in [5, 5.41) is 9.39. The van der Waals surface area contributed by atoms with Crippen LogP contribution in [0.4, 0.5) is 5.82 Å². The number of nitrogens with two attached hydrogens (primary N) is 1. The van der Waals surface area contributed by atoms with Crippen LogP contribution in [0.2, 0.25) is 4.34 Å². The van der Waals surface area contributed by atoms with Crippen molar-refractivity contribution < 1.29 is 0 Å². The molecule has 1 atom stereocenters. The van der Waals surface area contributed by atoms with Crippen molar-refractivity contribution in [1.29, 1.82) is 0 Å². The molecule has 0 saturated carbocycles. The van der Waals surface area contributed by atoms with Gasteiger partial charge in [-0.2, -0.15) is 5.10 Å². The van der Waals surface area contributed by atoms with E-state index in [-0.39, 0.29) is 6.04 Å². The van der Waals surface area contributed by atoms with Gasteiger partial charge in [0.25, 0.3) is 0 Å². The summed E-state index contributed by atoms with van der Waals surface area (Å²) in [6.45, 7) is 1.87. The van der Waals surface area contributed by atoms with Gasteiger partial charge in [0.2, 0.25) is 0 Å². The highest BCUT2D eigenvalue weighted by molar-refractivity contribution is 7.14. The summed E-state index contributed by atoms with van der Waals surface area (Å²) in [5.41, 5.74) is 7.98. The van der Waals surface area contributed by atoms with Gasteiger partial charge in [-0.05, 0) is 12.5 Å². The van der Waals surface area contributed by atoms with Gasteiger partial charge in [-0.3, -0.25) is 5.10 Å². The lowest BCUT2D eigenvalue weighted by Crippen LogP contribution is -2.26. The van der Waals surface area contributed by atoms with Crippen molar-refractivity contribution in [2.75, 3.05) is 18.0 Å². The molecule has 1 fully saturated rings. The van der Waals surface area contributed by atoms with E-state index in [0.717, 1.165) is 40.9 Å². The average Bonchev–Trinajstić information content (AvgIpc) is 2.96. The molecule has 3 rings (SSSR count). The molecule has 0 bridgehead atoms. The number of hydrogen-bond donors (Lipinski definition) is 2. The van der Waals surface area contributed by atoms with Crippen molar-refractivity contribution >= 4 is 28.8 Å². The first-order valence-corrected chi connectivity index (χ1v) is 6.78. The van der Waals surface area contributed by atoms with Crippen LogP contribution in [-0.2, 0) is 0 Å². The zero-order valence-electron chi connectivity index (χ0n) is 9.19. The van der Waals surface area contributed by atoms with Gasteiger partial charge in [0, 0.05) is 36.1 Å². The Balaban J connectivity index is 1.83. The predicted molar refractivity (Wildman–Crippen MR) is 71.7 cm³/mol. The van der Waals surface area contributed by atoms with Gasteiger partial charge >= 0.3 is 0 Å². The fraction of sp³-hybridized carbons (Fsp3) is 0.364. The van der Waals surface area contributed by atoms with Gasteiger partial charge in [0.1, 0.15) is 0 Å². The van der Waals surface area contributed by atoms with Crippen LogP contribution in [0.15, 0.2) is 17.5 Å². The Morgan fingerprint density at radius 2 is 2.41 bits per heavy atom. The van der Waals surface area contributed by atoms with E-state index in [1.165, 1.54) is 11.3 Å². The second-order valence-electron chi connectivity index (χ2n) is 4.27. The number of hydrogen-bond acceptors (Lipinski definition) is 4. The van der Waals surface area contributed by atoms with Gasteiger partial charge in [-0.15, -0.1) is 11.3 Å². The molecule has 1 saturated heterocycles. The smallest absolute Gasteiger partial charge is 0.151 e. The third kappa shape index (κ3) is 2.18. The Morgan fingerprint density at radius 1 is 1.53 bits per heavy atom. The van der Waals surface area contributed by atoms with E-state index in [0.29, 0.717) is 0 Å². The lowest BCUT2D eigenvalue weighted by Gasteiger charge is -2.13. The van der Waals surface area contributed by atoms with Crippen molar-refractivity contribution in [1.82, 2.24) is 10.2 Å². The van der Waals surface area contributed by atoms with Crippen LogP contribution in [-0.4, -0.2) is 29.3 Å². The Morgan fingerprint density at radius 3 is 3.06 bits per heavy atom. The lowest BCUT2D eigenvalue weighted by atomic mass is 10.2. The number of nitrogens with one attached hydrogen (secondary N) is 1. The summed E-state index contributed by atoms with van der Waals surface area (Å²) >= 11 is 7.45. The lowest BCUT2D eigenvalue weighted by molar-refractivity contribution is 0.751. The van der Waals surface area contributed by atoms with E-state index >= 15 is 0 Å². The minimum atomic E-state index is 0.269. The first kappa shape index (κ1) is 11.1. The molecule has 2 aromatic heterocycles. The highest BCUT2D eigenvalue weighted by atomic mass is 35.5. The maximum atomic E-state index is 5.92. The zero-order valence-corrected chi connectivity index (χ0v) is 10.8. The summed E-state index contributed by atoms with van der Waals surface area (Å²) < 4.78 is 0.791. The number of halogens is 1.